The summed E-state index contributed by atoms with van der Waals surface area (Å²) in [5.41, 5.74) is 0.357. The van der Waals surface area contributed by atoms with E-state index >= 15 is 0 Å². The predicted octanol–water partition coefficient (Wildman–Crippen LogP) is 1.17. The van der Waals surface area contributed by atoms with E-state index in [2.05, 4.69) is 5.32 Å². The minimum atomic E-state index is -5.00. The Morgan fingerprint density at radius 2 is 1.86 bits per heavy atom. The number of halogens is 3. The van der Waals surface area contributed by atoms with E-state index in [9.17, 15) is 22.8 Å². The van der Waals surface area contributed by atoms with Crippen LogP contribution in [0.1, 0.15) is 22.0 Å². The Morgan fingerprint density at radius 3 is 2.41 bits per heavy atom. The average molecular weight is 318 g/mol. The number of amides is 2. The molecular formula is C13H13F3N2O4. The Kier molecular flexibility index (Phi) is 4.16. The number of rotatable bonds is 3. The molecule has 22 heavy (non-hydrogen) atoms. The molecule has 0 radical (unpaired) electrons. The van der Waals surface area contributed by atoms with Crippen LogP contribution >= 0.6 is 0 Å². The number of fused-ring (bicyclic) bond motifs is 1. The molecule has 0 aliphatic carbocycles. The Hall–Kier alpha value is -2.45. The van der Waals surface area contributed by atoms with Gasteiger partial charge in [0.2, 0.25) is 0 Å². The number of hydrogen-bond donors (Lipinski definition) is 2. The van der Waals surface area contributed by atoms with Gasteiger partial charge in [0.1, 0.15) is 0 Å². The van der Waals surface area contributed by atoms with Crippen molar-refractivity contribution in [3.05, 3.63) is 23.3 Å². The summed E-state index contributed by atoms with van der Waals surface area (Å²) >= 11 is 0. The summed E-state index contributed by atoms with van der Waals surface area (Å²) < 4.78 is 47.2. The van der Waals surface area contributed by atoms with Gasteiger partial charge in [0.05, 0.1) is 20.3 Å². The molecule has 9 heteroatoms. The average Bonchev–Trinajstić information content (AvgIpc) is 2.47. The zero-order valence-electron chi connectivity index (χ0n) is 11.7. The quantitative estimate of drug-likeness (QED) is 0.877. The van der Waals surface area contributed by atoms with Gasteiger partial charge in [-0.3, -0.25) is 9.59 Å². The van der Waals surface area contributed by atoms with Crippen LogP contribution in [0.25, 0.3) is 0 Å². The van der Waals surface area contributed by atoms with Crippen LogP contribution < -0.4 is 20.1 Å². The number of carbonyl (C=O) groups excluding carboxylic acids is 2. The van der Waals surface area contributed by atoms with Gasteiger partial charge in [-0.2, -0.15) is 13.2 Å². The molecule has 2 N–H and O–H groups in total. The van der Waals surface area contributed by atoms with Crippen LogP contribution in [0.5, 0.6) is 11.5 Å². The van der Waals surface area contributed by atoms with Crippen molar-refractivity contribution in [1.29, 1.82) is 0 Å². The zero-order chi connectivity index (χ0) is 16.5. The molecule has 1 atom stereocenters. The number of hydrogen-bond acceptors (Lipinski definition) is 4. The molecule has 0 fully saturated rings. The minimum Gasteiger partial charge on any atom is -0.493 e. The van der Waals surface area contributed by atoms with E-state index < -0.39 is 24.0 Å². The SMILES string of the molecule is COc1cc2c(cc1OC)[C@H](NC(=O)C(F)(F)F)CNC2=O. The lowest BCUT2D eigenvalue weighted by molar-refractivity contribution is -0.174. The summed E-state index contributed by atoms with van der Waals surface area (Å²) in [7, 11) is 2.73. The molecule has 0 saturated carbocycles. The van der Waals surface area contributed by atoms with Crippen LogP contribution in [0.2, 0.25) is 0 Å². The van der Waals surface area contributed by atoms with E-state index in [0.29, 0.717) is 0 Å². The maximum absolute atomic E-state index is 12.4. The molecule has 1 aliphatic rings. The molecule has 0 aromatic heterocycles. The van der Waals surface area contributed by atoms with E-state index in [4.69, 9.17) is 9.47 Å². The van der Waals surface area contributed by atoms with Gasteiger partial charge in [0.15, 0.2) is 11.5 Å². The molecule has 0 bridgehead atoms. The van der Waals surface area contributed by atoms with Crippen molar-refractivity contribution in [2.24, 2.45) is 0 Å². The highest BCUT2D eigenvalue weighted by molar-refractivity contribution is 5.98. The van der Waals surface area contributed by atoms with Gasteiger partial charge in [0, 0.05) is 12.1 Å². The van der Waals surface area contributed by atoms with Crippen LogP contribution in [0.3, 0.4) is 0 Å². The van der Waals surface area contributed by atoms with Gasteiger partial charge in [-0.25, -0.2) is 0 Å². The number of alkyl halides is 3. The topological polar surface area (TPSA) is 76.7 Å². The maximum Gasteiger partial charge on any atom is 0.471 e. The number of ether oxygens (including phenoxy) is 2. The predicted molar refractivity (Wildman–Crippen MR) is 68.8 cm³/mol. The summed E-state index contributed by atoms with van der Waals surface area (Å²) in [5, 5.41) is 4.27. The summed E-state index contributed by atoms with van der Waals surface area (Å²) in [6.07, 6.45) is -5.00. The van der Waals surface area contributed by atoms with Crippen molar-refractivity contribution in [2.45, 2.75) is 12.2 Å². The summed E-state index contributed by atoms with van der Waals surface area (Å²) in [6.45, 7) is -0.150. The maximum atomic E-state index is 12.4. The first-order chi connectivity index (χ1) is 10.3. The molecule has 0 saturated heterocycles. The fourth-order valence-corrected chi connectivity index (χ4v) is 2.15. The lowest BCUT2D eigenvalue weighted by Gasteiger charge is -2.28. The van der Waals surface area contributed by atoms with E-state index in [1.165, 1.54) is 26.4 Å². The van der Waals surface area contributed by atoms with Crippen LogP contribution in [0, 0.1) is 0 Å². The smallest absolute Gasteiger partial charge is 0.471 e. The molecule has 1 aliphatic heterocycles. The molecule has 6 nitrogen and oxygen atoms in total. The molecule has 1 aromatic rings. The second kappa shape index (κ2) is 5.74. The third-order valence-electron chi connectivity index (χ3n) is 3.21. The van der Waals surface area contributed by atoms with Crippen molar-refractivity contribution in [1.82, 2.24) is 10.6 Å². The fourth-order valence-electron chi connectivity index (χ4n) is 2.15. The van der Waals surface area contributed by atoms with Gasteiger partial charge in [0.25, 0.3) is 5.91 Å². The Labute approximate surface area is 123 Å². The van der Waals surface area contributed by atoms with Crippen LogP contribution in [0.15, 0.2) is 12.1 Å². The monoisotopic (exact) mass is 318 g/mol. The molecule has 0 unspecified atom stereocenters. The van der Waals surface area contributed by atoms with Crippen LogP contribution in [-0.2, 0) is 4.79 Å². The highest BCUT2D eigenvalue weighted by Gasteiger charge is 2.41. The van der Waals surface area contributed by atoms with Crippen LogP contribution in [-0.4, -0.2) is 38.8 Å². The first kappa shape index (κ1) is 15.9. The highest BCUT2D eigenvalue weighted by atomic mass is 19.4. The number of nitrogens with one attached hydrogen (secondary N) is 2. The van der Waals surface area contributed by atoms with E-state index in [-0.39, 0.29) is 29.2 Å². The Balaban J connectivity index is 2.41. The van der Waals surface area contributed by atoms with Crippen molar-refractivity contribution >= 4 is 11.8 Å². The van der Waals surface area contributed by atoms with Gasteiger partial charge in [-0.1, -0.05) is 0 Å². The Bertz CT molecular complexity index is 616. The lowest BCUT2D eigenvalue weighted by atomic mass is 9.95. The van der Waals surface area contributed by atoms with Crippen LogP contribution in [0.4, 0.5) is 13.2 Å². The van der Waals surface area contributed by atoms with Gasteiger partial charge in [-0.05, 0) is 17.7 Å². The van der Waals surface area contributed by atoms with Crippen molar-refractivity contribution in [3.8, 4) is 11.5 Å². The first-order valence-electron chi connectivity index (χ1n) is 6.19. The summed E-state index contributed by atoms with van der Waals surface area (Å²) in [6, 6.07) is 1.73. The molecule has 2 amide bonds. The summed E-state index contributed by atoms with van der Waals surface area (Å²) in [4.78, 5) is 22.9. The third kappa shape index (κ3) is 2.92. The normalized spacial score (nSPS) is 17.3. The molecule has 1 aromatic carbocycles. The van der Waals surface area contributed by atoms with Crippen molar-refractivity contribution < 1.29 is 32.2 Å². The first-order valence-corrected chi connectivity index (χ1v) is 6.19. The molecule has 2 rings (SSSR count). The van der Waals surface area contributed by atoms with Crippen molar-refractivity contribution in [2.75, 3.05) is 20.8 Å². The van der Waals surface area contributed by atoms with E-state index in [1.807, 2.05) is 5.32 Å². The largest absolute Gasteiger partial charge is 0.493 e. The number of methoxy groups -OCH3 is 2. The minimum absolute atomic E-state index is 0.122. The summed E-state index contributed by atoms with van der Waals surface area (Å²) in [5.74, 6) is -2.02. The zero-order valence-corrected chi connectivity index (χ0v) is 11.7. The second-order valence-corrected chi connectivity index (χ2v) is 4.53. The lowest BCUT2D eigenvalue weighted by Crippen LogP contribution is -2.46. The highest BCUT2D eigenvalue weighted by Crippen LogP contribution is 2.35. The Morgan fingerprint density at radius 1 is 1.27 bits per heavy atom. The van der Waals surface area contributed by atoms with Gasteiger partial charge < -0.3 is 20.1 Å². The molecule has 0 spiro atoms. The number of carbonyl (C=O) groups is 2. The molecule has 120 valence electrons. The van der Waals surface area contributed by atoms with E-state index in [1.54, 1.807) is 0 Å². The van der Waals surface area contributed by atoms with Crippen molar-refractivity contribution in [3.63, 3.8) is 0 Å². The molecule has 1 heterocycles. The second-order valence-electron chi connectivity index (χ2n) is 4.53. The van der Waals surface area contributed by atoms with Gasteiger partial charge >= 0.3 is 12.1 Å². The van der Waals surface area contributed by atoms with E-state index in [0.717, 1.165) is 0 Å². The van der Waals surface area contributed by atoms with Gasteiger partial charge in [-0.15, -0.1) is 0 Å². The number of benzene rings is 1. The molecular weight excluding hydrogens is 305 g/mol. The standard InChI is InChI=1S/C13H13F3N2O4/c1-21-9-3-6-7(4-10(9)22-2)11(19)17-5-8(6)18-12(20)13(14,15)16/h3-4,8H,5H2,1-2H3,(H,17,19)(H,18,20)/t8-/m1/s1. The third-order valence-corrected chi connectivity index (χ3v) is 3.21. The fraction of sp³-hybridized carbons (Fsp3) is 0.385.